The van der Waals surface area contributed by atoms with Gasteiger partial charge in [-0.2, -0.15) is 0 Å². The summed E-state index contributed by atoms with van der Waals surface area (Å²) in [6.45, 7) is 2.49. The summed E-state index contributed by atoms with van der Waals surface area (Å²) < 4.78 is 6.01. The van der Waals surface area contributed by atoms with Gasteiger partial charge in [-0.05, 0) is 24.1 Å². The second-order valence-electron chi connectivity index (χ2n) is 5.10. The minimum absolute atomic E-state index is 0.0577. The highest BCUT2D eigenvalue weighted by Crippen LogP contribution is 2.29. The average Bonchev–Trinajstić information content (AvgIpc) is 2.81. The number of amides is 2. The highest BCUT2D eigenvalue weighted by atomic mass is 79.9. The Morgan fingerprint density at radius 1 is 1.43 bits per heavy atom. The van der Waals surface area contributed by atoms with Crippen molar-refractivity contribution in [2.75, 3.05) is 25.5 Å². The van der Waals surface area contributed by atoms with Gasteiger partial charge in [-0.1, -0.05) is 22.9 Å². The number of benzene rings is 1. The smallest absolute Gasteiger partial charge is 0.321 e. The molecule has 0 aliphatic carbocycles. The fourth-order valence-electron chi connectivity index (χ4n) is 2.43. The number of hydrogen-bond donors (Lipinski definition) is 2. The molecule has 1 aliphatic heterocycles. The van der Waals surface area contributed by atoms with Crippen molar-refractivity contribution in [1.82, 2.24) is 4.90 Å². The van der Waals surface area contributed by atoms with Crippen molar-refractivity contribution in [3.8, 4) is 5.75 Å². The molecule has 2 atom stereocenters. The number of halogens is 1. The molecular formula is C14H17BrN2O4. The van der Waals surface area contributed by atoms with Crippen LogP contribution >= 0.6 is 15.9 Å². The largest absolute Gasteiger partial charge is 0.495 e. The van der Waals surface area contributed by atoms with Crippen molar-refractivity contribution < 1.29 is 19.4 Å². The van der Waals surface area contributed by atoms with Gasteiger partial charge in [0.05, 0.1) is 18.7 Å². The summed E-state index contributed by atoms with van der Waals surface area (Å²) in [5, 5.41) is 11.9. The second-order valence-corrected chi connectivity index (χ2v) is 6.02. The van der Waals surface area contributed by atoms with Crippen LogP contribution in [0.25, 0.3) is 0 Å². The number of urea groups is 1. The molecule has 0 aromatic heterocycles. The lowest BCUT2D eigenvalue weighted by Gasteiger charge is -2.18. The lowest BCUT2D eigenvalue weighted by atomic mass is 9.99. The molecule has 1 aromatic carbocycles. The molecule has 1 saturated heterocycles. The summed E-state index contributed by atoms with van der Waals surface area (Å²) in [4.78, 5) is 24.9. The Kier molecular flexibility index (Phi) is 4.72. The van der Waals surface area contributed by atoms with Crippen LogP contribution in [0.2, 0.25) is 0 Å². The average molecular weight is 357 g/mol. The summed E-state index contributed by atoms with van der Waals surface area (Å²) in [7, 11) is 1.53. The van der Waals surface area contributed by atoms with Crippen LogP contribution in [0, 0.1) is 11.8 Å². The Bertz CT molecular complexity index is 564. The predicted octanol–water partition coefficient (Wildman–Crippen LogP) is 2.64. The molecule has 0 spiro atoms. The number of methoxy groups -OCH3 is 1. The summed E-state index contributed by atoms with van der Waals surface area (Å²) in [5.74, 6) is -0.885. The predicted molar refractivity (Wildman–Crippen MR) is 81.6 cm³/mol. The number of rotatable bonds is 3. The summed E-state index contributed by atoms with van der Waals surface area (Å²) in [5.41, 5.74) is 0.545. The molecule has 0 radical (unpaired) electrons. The number of aliphatic carboxylic acids is 1. The van der Waals surface area contributed by atoms with Crippen LogP contribution in [-0.4, -0.2) is 42.2 Å². The van der Waals surface area contributed by atoms with E-state index in [1.54, 1.807) is 12.1 Å². The van der Waals surface area contributed by atoms with Gasteiger partial charge in [-0.3, -0.25) is 4.79 Å². The highest BCUT2D eigenvalue weighted by Gasteiger charge is 2.37. The maximum absolute atomic E-state index is 12.3. The first-order valence-corrected chi connectivity index (χ1v) is 7.34. The van der Waals surface area contributed by atoms with Crippen molar-refractivity contribution in [1.29, 1.82) is 0 Å². The fourth-order valence-corrected chi connectivity index (χ4v) is 2.79. The first-order chi connectivity index (χ1) is 9.92. The van der Waals surface area contributed by atoms with E-state index in [1.807, 2.05) is 13.0 Å². The van der Waals surface area contributed by atoms with E-state index >= 15 is 0 Å². The second kappa shape index (κ2) is 6.34. The number of anilines is 1. The quantitative estimate of drug-likeness (QED) is 0.872. The minimum Gasteiger partial charge on any atom is -0.495 e. The third-order valence-corrected chi connectivity index (χ3v) is 4.11. The first kappa shape index (κ1) is 15.6. The van der Waals surface area contributed by atoms with Crippen molar-refractivity contribution in [2.24, 2.45) is 11.8 Å². The summed E-state index contributed by atoms with van der Waals surface area (Å²) in [6, 6.07) is 4.98. The van der Waals surface area contributed by atoms with Gasteiger partial charge in [0.1, 0.15) is 5.75 Å². The molecule has 1 heterocycles. The van der Waals surface area contributed by atoms with Gasteiger partial charge in [0.15, 0.2) is 0 Å². The molecule has 0 unspecified atom stereocenters. The minimum atomic E-state index is -0.863. The van der Waals surface area contributed by atoms with Gasteiger partial charge < -0.3 is 20.1 Å². The van der Waals surface area contributed by atoms with Gasteiger partial charge in [0, 0.05) is 17.6 Å². The number of nitrogens with zero attached hydrogens (tertiary/aromatic N) is 1. The number of carboxylic acids is 1. The van der Waals surface area contributed by atoms with E-state index in [4.69, 9.17) is 9.84 Å². The number of ether oxygens (including phenoxy) is 1. The summed E-state index contributed by atoms with van der Waals surface area (Å²) >= 11 is 3.34. The topological polar surface area (TPSA) is 78.9 Å². The van der Waals surface area contributed by atoms with Crippen molar-refractivity contribution in [3.63, 3.8) is 0 Å². The third-order valence-electron chi connectivity index (χ3n) is 3.62. The Balaban J connectivity index is 2.09. The Labute approximate surface area is 131 Å². The first-order valence-electron chi connectivity index (χ1n) is 6.54. The zero-order valence-electron chi connectivity index (χ0n) is 11.8. The van der Waals surface area contributed by atoms with E-state index in [9.17, 15) is 9.59 Å². The van der Waals surface area contributed by atoms with E-state index in [-0.39, 0.29) is 18.5 Å². The normalized spacial score (nSPS) is 21.2. The molecule has 2 N–H and O–H groups in total. The molecule has 1 aliphatic rings. The monoisotopic (exact) mass is 356 g/mol. The van der Waals surface area contributed by atoms with Crippen molar-refractivity contribution in [3.05, 3.63) is 22.7 Å². The Hall–Kier alpha value is -1.76. The maximum Gasteiger partial charge on any atom is 0.321 e. The fraction of sp³-hybridized carbons (Fsp3) is 0.429. The van der Waals surface area contributed by atoms with Crippen LogP contribution in [0.15, 0.2) is 22.7 Å². The third kappa shape index (κ3) is 3.47. The summed E-state index contributed by atoms with van der Waals surface area (Å²) in [6.07, 6.45) is 0. The molecular weight excluding hydrogens is 340 g/mol. The van der Waals surface area contributed by atoms with Crippen LogP contribution < -0.4 is 10.1 Å². The van der Waals surface area contributed by atoms with Gasteiger partial charge in [-0.25, -0.2) is 4.79 Å². The van der Waals surface area contributed by atoms with E-state index in [2.05, 4.69) is 21.2 Å². The highest BCUT2D eigenvalue weighted by molar-refractivity contribution is 9.10. The van der Waals surface area contributed by atoms with E-state index < -0.39 is 11.9 Å². The van der Waals surface area contributed by atoms with Crippen molar-refractivity contribution >= 4 is 33.6 Å². The van der Waals surface area contributed by atoms with Crippen LogP contribution in [0.1, 0.15) is 6.92 Å². The molecule has 21 heavy (non-hydrogen) atoms. The zero-order valence-corrected chi connectivity index (χ0v) is 13.4. The maximum atomic E-state index is 12.3. The molecule has 114 valence electrons. The van der Waals surface area contributed by atoms with Gasteiger partial charge in [0.2, 0.25) is 0 Å². The molecule has 2 amide bonds. The van der Waals surface area contributed by atoms with Crippen LogP contribution in [-0.2, 0) is 4.79 Å². The standard InChI is InChI=1S/C14H17BrN2O4/c1-8-6-17(7-10(8)13(18)19)14(20)16-11-5-9(15)3-4-12(11)21-2/h3-5,8,10H,6-7H2,1-2H3,(H,16,20)(H,18,19)/t8-,10-/m1/s1. The van der Waals surface area contributed by atoms with Crippen LogP contribution in [0.4, 0.5) is 10.5 Å². The number of carbonyl (C=O) groups is 2. The zero-order chi connectivity index (χ0) is 15.6. The Morgan fingerprint density at radius 3 is 2.71 bits per heavy atom. The number of carboxylic acid groups (broad SMARTS) is 1. The van der Waals surface area contributed by atoms with Crippen molar-refractivity contribution in [2.45, 2.75) is 6.92 Å². The number of likely N-dealkylation sites (tertiary alicyclic amines) is 1. The molecule has 1 fully saturated rings. The van der Waals surface area contributed by atoms with Crippen LogP contribution in [0.3, 0.4) is 0 Å². The van der Waals surface area contributed by atoms with E-state index in [0.717, 1.165) is 4.47 Å². The number of hydrogen-bond acceptors (Lipinski definition) is 3. The van der Waals surface area contributed by atoms with E-state index in [0.29, 0.717) is 18.0 Å². The van der Waals surface area contributed by atoms with Gasteiger partial charge >= 0.3 is 12.0 Å². The molecule has 1 aromatic rings. The molecule has 2 rings (SSSR count). The van der Waals surface area contributed by atoms with Crippen LogP contribution in [0.5, 0.6) is 5.75 Å². The molecule has 0 saturated carbocycles. The Morgan fingerprint density at radius 2 is 2.14 bits per heavy atom. The van der Waals surface area contributed by atoms with Gasteiger partial charge in [-0.15, -0.1) is 0 Å². The molecule has 7 heteroatoms. The lowest BCUT2D eigenvalue weighted by molar-refractivity contribution is -0.142. The number of nitrogens with one attached hydrogen (secondary N) is 1. The van der Waals surface area contributed by atoms with E-state index in [1.165, 1.54) is 12.0 Å². The molecule has 6 nitrogen and oxygen atoms in total. The lowest BCUT2D eigenvalue weighted by Crippen LogP contribution is -2.34. The SMILES string of the molecule is COc1ccc(Br)cc1NC(=O)N1C[C@@H](C)[C@H](C(=O)O)C1. The van der Waals surface area contributed by atoms with Gasteiger partial charge in [0.25, 0.3) is 0 Å². The molecule has 0 bridgehead atoms. The number of carbonyl (C=O) groups excluding carboxylic acids is 1.